The van der Waals surface area contributed by atoms with Gasteiger partial charge in [-0.15, -0.1) is 0 Å². The zero-order valence-electron chi connectivity index (χ0n) is 9.99. The molecule has 0 heterocycles. The second-order valence-electron chi connectivity index (χ2n) is 3.91. The standard InChI is InChI=1S/C13H20N2O/c1-11(12-7-4-3-5-8-12)15-13(16)9-6-10-14-2/h3-5,7-8,11,14H,6,9-10H2,1-2H3,(H,15,16)/t11-/m1/s1. The smallest absolute Gasteiger partial charge is 0.220 e. The van der Waals surface area contributed by atoms with Crippen molar-refractivity contribution >= 4 is 5.91 Å². The van der Waals surface area contributed by atoms with E-state index in [0.29, 0.717) is 6.42 Å². The average Bonchev–Trinajstić information content (AvgIpc) is 2.30. The minimum absolute atomic E-state index is 0.0864. The summed E-state index contributed by atoms with van der Waals surface area (Å²) < 4.78 is 0. The van der Waals surface area contributed by atoms with Gasteiger partial charge in [0.15, 0.2) is 0 Å². The molecule has 0 aliphatic carbocycles. The second-order valence-corrected chi connectivity index (χ2v) is 3.91. The first-order chi connectivity index (χ1) is 7.74. The van der Waals surface area contributed by atoms with Crippen LogP contribution in [-0.4, -0.2) is 19.5 Å². The molecule has 0 saturated carbocycles. The number of carbonyl (C=O) groups is 1. The largest absolute Gasteiger partial charge is 0.350 e. The summed E-state index contributed by atoms with van der Waals surface area (Å²) in [6.45, 7) is 2.89. The molecule has 0 aliphatic heterocycles. The number of hydrogen-bond donors (Lipinski definition) is 2. The molecule has 88 valence electrons. The molecule has 16 heavy (non-hydrogen) atoms. The normalized spacial score (nSPS) is 12.1. The lowest BCUT2D eigenvalue weighted by atomic mass is 10.1. The summed E-state index contributed by atoms with van der Waals surface area (Å²) in [5.41, 5.74) is 1.14. The molecule has 1 aromatic carbocycles. The minimum Gasteiger partial charge on any atom is -0.350 e. The highest BCUT2D eigenvalue weighted by molar-refractivity contribution is 5.76. The van der Waals surface area contributed by atoms with Crippen molar-refractivity contribution in [3.8, 4) is 0 Å². The van der Waals surface area contributed by atoms with Crippen LogP contribution in [0.5, 0.6) is 0 Å². The van der Waals surface area contributed by atoms with E-state index >= 15 is 0 Å². The Labute approximate surface area is 97.2 Å². The highest BCUT2D eigenvalue weighted by Crippen LogP contribution is 2.11. The summed E-state index contributed by atoms with van der Waals surface area (Å²) in [5.74, 6) is 0.117. The van der Waals surface area contributed by atoms with E-state index in [4.69, 9.17) is 0 Å². The van der Waals surface area contributed by atoms with Crippen molar-refractivity contribution in [3.63, 3.8) is 0 Å². The SMILES string of the molecule is CNCCCC(=O)N[C@H](C)c1ccccc1. The molecule has 0 radical (unpaired) electrons. The lowest BCUT2D eigenvalue weighted by Crippen LogP contribution is -2.27. The van der Waals surface area contributed by atoms with Crippen molar-refractivity contribution in [3.05, 3.63) is 35.9 Å². The lowest BCUT2D eigenvalue weighted by molar-refractivity contribution is -0.121. The predicted molar refractivity (Wildman–Crippen MR) is 66.2 cm³/mol. The molecule has 0 saturated heterocycles. The van der Waals surface area contributed by atoms with Crippen LogP contribution in [-0.2, 0) is 4.79 Å². The van der Waals surface area contributed by atoms with Gasteiger partial charge in [0.1, 0.15) is 0 Å². The molecule has 2 N–H and O–H groups in total. The Kier molecular flexibility index (Phi) is 5.57. The number of rotatable bonds is 6. The molecule has 1 rings (SSSR count). The van der Waals surface area contributed by atoms with Crippen molar-refractivity contribution in [2.75, 3.05) is 13.6 Å². The Bertz CT molecular complexity index is 311. The molecule has 0 bridgehead atoms. The van der Waals surface area contributed by atoms with Gasteiger partial charge in [-0.25, -0.2) is 0 Å². The van der Waals surface area contributed by atoms with Crippen LogP contribution < -0.4 is 10.6 Å². The third-order valence-corrected chi connectivity index (χ3v) is 2.51. The maximum Gasteiger partial charge on any atom is 0.220 e. The fraction of sp³-hybridized carbons (Fsp3) is 0.462. The maximum absolute atomic E-state index is 11.6. The van der Waals surface area contributed by atoms with Crippen molar-refractivity contribution < 1.29 is 4.79 Å². The van der Waals surface area contributed by atoms with E-state index in [-0.39, 0.29) is 11.9 Å². The van der Waals surface area contributed by atoms with E-state index in [1.807, 2.05) is 44.3 Å². The highest BCUT2D eigenvalue weighted by atomic mass is 16.1. The number of carbonyl (C=O) groups excluding carboxylic acids is 1. The summed E-state index contributed by atoms with van der Waals surface area (Å²) in [5, 5.41) is 6.02. The van der Waals surface area contributed by atoms with Crippen LogP contribution in [0, 0.1) is 0 Å². The van der Waals surface area contributed by atoms with Crippen LogP contribution in [0.4, 0.5) is 0 Å². The molecular weight excluding hydrogens is 200 g/mol. The fourth-order valence-corrected chi connectivity index (χ4v) is 1.56. The summed E-state index contributed by atoms with van der Waals surface area (Å²) >= 11 is 0. The number of hydrogen-bond acceptors (Lipinski definition) is 2. The summed E-state index contributed by atoms with van der Waals surface area (Å²) in [4.78, 5) is 11.6. The van der Waals surface area contributed by atoms with Gasteiger partial charge in [0, 0.05) is 6.42 Å². The lowest BCUT2D eigenvalue weighted by Gasteiger charge is -2.14. The Morgan fingerprint density at radius 3 is 2.62 bits per heavy atom. The molecule has 0 unspecified atom stereocenters. The number of amides is 1. The van der Waals surface area contributed by atoms with Crippen LogP contribution in [0.2, 0.25) is 0 Å². The zero-order chi connectivity index (χ0) is 11.8. The van der Waals surface area contributed by atoms with Crippen molar-refractivity contribution in [1.82, 2.24) is 10.6 Å². The summed E-state index contributed by atoms with van der Waals surface area (Å²) in [6.07, 6.45) is 1.46. The van der Waals surface area contributed by atoms with Gasteiger partial charge < -0.3 is 10.6 Å². The van der Waals surface area contributed by atoms with E-state index in [1.54, 1.807) is 0 Å². The van der Waals surface area contributed by atoms with Gasteiger partial charge in [-0.05, 0) is 32.5 Å². The van der Waals surface area contributed by atoms with Gasteiger partial charge in [-0.3, -0.25) is 4.79 Å². The van der Waals surface area contributed by atoms with Gasteiger partial charge in [0.2, 0.25) is 5.91 Å². The third kappa shape index (κ3) is 4.45. The molecule has 1 aromatic rings. The Morgan fingerprint density at radius 1 is 1.31 bits per heavy atom. The average molecular weight is 220 g/mol. The summed E-state index contributed by atoms with van der Waals surface area (Å²) in [7, 11) is 1.89. The van der Waals surface area contributed by atoms with Crippen molar-refractivity contribution in [1.29, 1.82) is 0 Å². The van der Waals surface area contributed by atoms with Crippen molar-refractivity contribution in [2.45, 2.75) is 25.8 Å². The molecule has 1 atom stereocenters. The maximum atomic E-state index is 11.6. The number of benzene rings is 1. The minimum atomic E-state index is 0.0864. The summed E-state index contributed by atoms with van der Waals surface area (Å²) in [6, 6.07) is 10.1. The molecule has 0 fully saturated rings. The fourth-order valence-electron chi connectivity index (χ4n) is 1.56. The van der Waals surface area contributed by atoms with Crippen LogP contribution >= 0.6 is 0 Å². The Hall–Kier alpha value is -1.35. The van der Waals surface area contributed by atoms with E-state index < -0.39 is 0 Å². The first kappa shape index (κ1) is 12.7. The van der Waals surface area contributed by atoms with Gasteiger partial charge in [-0.2, -0.15) is 0 Å². The van der Waals surface area contributed by atoms with Crippen LogP contribution in [0.3, 0.4) is 0 Å². The molecular formula is C13H20N2O. The van der Waals surface area contributed by atoms with E-state index in [0.717, 1.165) is 18.5 Å². The molecule has 3 nitrogen and oxygen atoms in total. The van der Waals surface area contributed by atoms with Crippen LogP contribution in [0.1, 0.15) is 31.4 Å². The monoisotopic (exact) mass is 220 g/mol. The van der Waals surface area contributed by atoms with E-state index in [1.165, 1.54) is 0 Å². The predicted octanol–water partition coefficient (Wildman–Crippen LogP) is 1.86. The van der Waals surface area contributed by atoms with Gasteiger partial charge >= 0.3 is 0 Å². The van der Waals surface area contributed by atoms with Crippen LogP contribution in [0.15, 0.2) is 30.3 Å². The van der Waals surface area contributed by atoms with Gasteiger partial charge in [0.25, 0.3) is 0 Å². The molecule has 0 aliphatic rings. The van der Waals surface area contributed by atoms with E-state index in [2.05, 4.69) is 10.6 Å². The quantitative estimate of drug-likeness (QED) is 0.718. The molecule has 0 spiro atoms. The highest BCUT2D eigenvalue weighted by Gasteiger charge is 2.08. The van der Waals surface area contributed by atoms with E-state index in [9.17, 15) is 4.79 Å². The van der Waals surface area contributed by atoms with Crippen molar-refractivity contribution in [2.24, 2.45) is 0 Å². The molecule has 0 aromatic heterocycles. The van der Waals surface area contributed by atoms with Gasteiger partial charge in [-0.1, -0.05) is 30.3 Å². The van der Waals surface area contributed by atoms with Gasteiger partial charge in [0.05, 0.1) is 6.04 Å². The first-order valence-corrected chi connectivity index (χ1v) is 5.73. The first-order valence-electron chi connectivity index (χ1n) is 5.73. The Morgan fingerprint density at radius 2 is 2.00 bits per heavy atom. The Balaban J connectivity index is 2.34. The third-order valence-electron chi connectivity index (χ3n) is 2.51. The molecule has 3 heteroatoms. The second kappa shape index (κ2) is 7.01. The zero-order valence-corrected chi connectivity index (χ0v) is 9.99. The topological polar surface area (TPSA) is 41.1 Å². The number of nitrogens with one attached hydrogen (secondary N) is 2. The molecule has 1 amide bonds. The van der Waals surface area contributed by atoms with Crippen LogP contribution in [0.25, 0.3) is 0 Å².